The molecular formula is C13H11N5O2S. The van der Waals surface area contributed by atoms with E-state index in [4.69, 9.17) is 5.11 Å². The summed E-state index contributed by atoms with van der Waals surface area (Å²) in [4.78, 5) is 15.0. The molecule has 8 heteroatoms. The molecule has 0 spiro atoms. The predicted molar refractivity (Wildman–Crippen MR) is 77.0 cm³/mol. The Morgan fingerprint density at radius 1 is 1.33 bits per heavy atom. The Labute approximate surface area is 124 Å². The molecule has 0 saturated heterocycles. The lowest BCUT2D eigenvalue weighted by Gasteiger charge is -2.05. The summed E-state index contributed by atoms with van der Waals surface area (Å²) in [5, 5.41) is 21.5. The van der Waals surface area contributed by atoms with Crippen LogP contribution in [0.5, 0.6) is 0 Å². The Morgan fingerprint density at radius 2 is 2.19 bits per heavy atom. The second kappa shape index (κ2) is 5.49. The first-order valence-electron chi connectivity index (χ1n) is 6.17. The van der Waals surface area contributed by atoms with E-state index in [2.05, 4.69) is 20.3 Å². The van der Waals surface area contributed by atoms with Crippen molar-refractivity contribution in [3.8, 4) is 11.4 Å². The number of rotatable bonds is 4. The van der Waals surface area contributed by atoms with Gasteiger partial charge < -0.3 is 5.11 Å². The van der Waals surface area contributed by atoms with Crippen molar-refractivity contribution < 1.29 is 9.90 Å². The molecule has 0 amide bonds. The van der Waals surface area contributed by atoms with Gasteiger partial charge in [-0.15, -0.1) is 10.2 Å². The Kier molecular flexibility index (Phi) is 3.53. The molecule has 3 heterocycles. The summed E-state index contributed by atoms with van der Waals surface area (Å²) in [7, 11) is 0. The van der Waals surface area contributed by atoms with Crippen molar-refractivity contribution in [1.29, 1.82) is 0 Å². The molecule has 0 fully saturated rings. The Balaban J connectivity index is 2.02. The Bertz CT molecular complexity index is 790. The molecule has 0 aromatic carbocycles. The maximum absolute atomic E-state index is 10.9. The fraction of sp³-hybridized carbons (Fsp3) is 0.154. The summed E-state index contributed by atoms with van der Waals surface area (Å²) in [5.41, 5.74) is 1.40. The number of carboxylic acids is 1. The summed E-state index contributed by atoms with van der Waals surface area (Å²) in [6.45, 7) is 1.62. The summed E-state index contributed by atoms with van der Waals surface area (Å²) < 4.78 is 1.59. The van der Waals surface area contributed by atoms with Crippen LogP contribution in [-0.2, 0) is 4.79 Å². The predicted octanol–water partition coefficient (Wildman–Crippen LogP) is 1.75. The van der Waals surface area contributed by atoms with E-state index in [9.17, 15) is 4.79 Å². The minimum atomic E-state index is -0.877. The normalized spacial score (nSPS) is 12.4. The first kappa shape index (κ1) is 13.5. The van der Waals surface area contributed by atoms with Gasteiger partial charge in [0.25, 0.3) is 0 Å². The van der Waals surface area contributed by atoms with Gasteiger partial charge in [0.05, 0.1) is 0 Å². The van der Waals surface area contributed by atoms with Crippen LogP contribution in [0.3, 0.4) is 0 Å². The van der Waals surface area contributed by atoms with Crippen molar-refractivity contribution in [2.75, 3.05) is 0 Å². The van der Waals surface area contributed by atoms with Crippen LogP contribution < -0.4 is 0 Å². The molecule has 1 atom stereocenters. The monoisotopic (exact) mass is 301 g/mol. The lowest BCUT2D eigenvalue weighted by atomic mass is 10.3. The molecule has 0 radical (unpaired) electrons. The van der Waals surface area contributed by atoms with Crippen LogP contribution in [0.25, 0.3) is 17.0 Å². The molecule has 7 nitrogen and oxygen atoms in total. The molecule has 0 aliphatic heterocycles. The van der Waals surface area contributed by atoms with E-state index >= 15 is 0 Å². The van der Waals surface area contributed by atoms with Crippen molar-refractivity contribution in [2.45, 2.75) is 17.2 Å². The average Bonchev–Trinajstić information content (AvgIpc) is 2.91. The highest BCUT2D eigenvalue weighted by molar-refractivity contribution is 8.00. The van der Waals surface area contributed by atoms with Gasteiger partial charge in [-0.2, -0.15) is 9.61 Å². The highest BCUT2D eigenvalue weighted by Crippen LogP contribution is 2.23. The zero-order chi connectivity index (χ0) is 14.8. The minimum absolute atomic E-state index is 0.573. The van der Waals surface area contributed by atoms with Crippen LogP contribution in [0.1, 0.15) is 6.92 Å². The van der Waals surface area contributed by atoms with Gasteiger partial charge in [0.15, 0.2) is 11.5 Å². The molecule has 1 N–H and O–H groups in total. The summed E-state index contributed by atoms with van der Waals surface area (Å²) in [5.74, 6) is -0.304. The topological polar surface area (TPSA) is 93.3 Å². The standard InChI is InChI=1S/C13H11N5O2S/c1-8(13(19)20)21-11-5-4-10-15-16-12(18(10)17-11)9-3-2-6-14-7-9/h2-8H,1H3,(H,19,20). The SMILES string of the molecule is CC(Sc1ccc2nnc(-c3cccnc3)n2n1)C(=O)O. The zero-order valence-corrected chi connectivity index (χ0v) is 11.9. The van der Waals surface area contributed by atoms with Gasteiger partial charge in [0, 0.05) is 18.0 Å². The molecule has 1 unspecified atom stereocenters. The highest BCUT2D eigenvalue weighted by Gasteiger charge is 2.15. The number of hydrogen-bond acceptors (Lipinski definition) is 6. The van der Waals surface area contributed by atoms with Crippen LogP contribution in [0.15, 0.2) is 41.7 Å². The lowest BCUT2D eigenvalue weighted by Crippen LogP contribution is -2.11. The molecule has 0 bridgehead atoms. The number of hydrogen-bond donors (Lipinski definition) is 1. The van der Waals surface area contributed by atoms with Crippen LogP contribution in [0, 0.1) is 0 Å². The number of aliphatic carboxylic acids is 1. The van der Waals surface area contributed by atoms with Gasteiger partial charge in [0.2, 0.25) is 0 Å². The number of aromatic nitrogens is 5. The van der Waals surface area contributed by atoms with E-state index in [1.54, 1.807) is 36.0 Å². The summed E-state index contributed by atoms with van der Waals surface area (Å²) in [6, 6.07) is 7.17. The quantitative estimate of drug-likeness (QED) is 0.734. The van der Waals surface area contributed by atoms with E-state index in [1.165, 1.54) is 11.8 Å². The van der Waals surface area contributed by atoms with Gasteiger partial charge in [0.1, 0.15) is 10.3 Å². The van der Waals surface area contributed by atoms with Gasteiger partial charge >= 0.3 is 5.97 Å². The molecule has 3 aromatic heterocycles. The Hall–Kier alpha value is -2.48. The number of carboxylic acid groups (broad SMARTS) is 1. The number of nitrogens with zero attached hydrogens (tertiary/aromatic N) is 5. The molecule has 3 rings (SSSR count). The molecule has 0 saturated carbocycles. The smallest absolute Gasteiger partial charge is 0.316 e. The van der Waals surface area contributed by atoms with Gasteiger partial charge in [-0.1, -0.05) is 11.8 Å². The number of fused-ring (bicyclic) bond motifs is 1. The van der Waals surface area contributed by atoms with Gasteiger partial charge in [-0.05, 0) is 31.2 Å². The summed E-state index contributed by atoms with van der Waals surface area (Å²) in [6.07, 6.45) is 3.35. The Morgan fingerprint density at radius 3 is 2.90 bits per heavy atom. The summed E-state index contributed by atoms with van der Waals surface area (Å²) >= 11 is 1.17. The third-order valence-electron chi connectivity index (χ3n) is 2.80. The largest absolute Gasteiger partial charge is 0.480 e. The second-order valence-corrected chi connectivity index (χ2v) is 5.67. The van der Waals surface area contributed by atoms with Gasteiger partial charge in [-0.3, -0.25) is 9.78 Å². The zero-order valence-electron chi connectivity index (χ0n) is 11.0. The first-order chi connectivity index (χ1) is 10.1. The lowest BCUT2D eigenvalue weighted by molar-refractivity contribution is -0.136. The third-order valence-corrected chi connectivity index (χ3v) is 3.82. The molecular weight excluding hydrogens is 290 g/mol. The van der Waals surface area contributed by atoms with Gasteiger partial charge in [-0.25, -0.2) is 0 Å². The van der Waals surface area contributed by atoms with Crippen molar-refractivity contribution in [3.05, 3.63) is 36.7 Å². The number of thioether (sulfide) groups is 1. The number of carbonyl (C=O) groups is 1. The van der Waals surface area contributed by atoms with Crippen LogP contribution >= 0.6 is 11.8 Å². The van der Waals surface area contributed by atoms with Crippen molar-refractivity contribution in [1.82, 2.24) is 24.8 Å². The first-order valence-corrected chi connectivity index (χ1v) is 7.05. The molecule has 0 aliphatic rings. The fourth-order valence-corrected chi connectivity index (χ4v) is 2.48. The maximum Gasteiger partial charge on any atom is 0.316 e. The minimum Gasteiger partial charge on any atom is -0.480 e. The second-order valence-electron chi connectivity index (χ2n) is 4.31. The van der Waals surface area contributed by atoms with Crippen molar-refractivity contribution in [2.24, 2.45) is 0 Å². The average molecular weight is 301 g/mol. The number of pyridine rings is 1. The van der Waals surface area contributed by atoms with Crippen molar-refractivity contribution >= 4 is 23.4 Å². The van der Waals surface area contributed by atoms with E-state index in [1.807, 2.05) is 12.1 Å². The van der Waals surface area contributed by atoms with Crippen LogP contribution in [0.4, 0.5) is 0 Å². The van der Waals surface area contributed by atoms with E-state index in [0.717, 1.165) is 5.56 Å². The molecule has 0 aliphatic carbocycles. The van der Waals surface area contributed by atoms with Crippen LogP contribution in [-0.4, -0.2) is 41.1 Å². The molecule has 3 aromatic rings. The third kappa shape index (κ3) is 2.70. The van der Waals surface area contributed by atoms with E-state index in [0.29, 0.717) is 16.5 Å². The van der Waals surface area contributed by atoms with E-state index < -0.39 is 11.2 Å². The van der Waals surface area contributed by atoms with E-state index in [-0.39, 0.29) is 0 Å². The highest BCUT2D eigenvalue weighted by atomic mass is 32.2. The maximum atomic E-state index is 10.9. The fourth-order valence-electron chi connectivity index (χ4n) is 1.74. The molecule has 21 heavy (non-hydrogen) atoms. The molecule has 106 valence electrons. The van der Waals surface area contributed by atoms with Crippen LogP contribution in [0.2, 0.25) is 0 Å². The van der Waals surface area contributed by atoms with Crippen molar-refractivity contribution in [3.63, 3.8) is 0 Å².